The van der Waals surface area contributed by atoms with Crippen LogP contribution in [-0.4, -0.2) is 22.1 Å². The lowest BCUT2D eigenvalue weighted by Gasteiger charge is -2.29. The van der Waals surface area contributed by atoms with E-state index in [2.05, 4.69) is 10.2 Å². The van der Waals surface area contributed by atoms with Gasteiger partial charge in [-0.1, -0.05) is 43.9 Å². The number of nitrogens with zero attached hydrogens (tertiary/aromatic N) is 1. The maximum absolute atomic E-state index is 13.9. The summed E-state index contributed by atoms with van der Waals surface area (Å²) in [7, 11) is 0. The molecule has 2 nitrogen and oxygen atoms in total. The maximum Gasteiger partial charge on any atom is 0.169 e. The monoisotopic (exact) mass is 320 g/mol. The summed E-state index contributed by atoms with van der Waals surface area (Å²) in [6.07, 6.45) is 10.0. The van der Waals surface area contributed by atoms with Crippen molar-refractivity contribution < 1.29 is 4.39 Å². The van der Waals surface area contributed by atoms with E-state index in [-0.39, 0.29) is 5.82 Å². The number of nitrogens with one attached hydrogen (secondary N) is 1. The minimum atomic E-state index is -0.134. The molecule has 1 aromatic rings. The molecule has 0 amide bonds. The second kappa shape index (κ2) is 7.40. The fourth-order valence-corrected chi connectivity index (χ4v) is 3.62. The quantitative estimate of drug-likeness (QED) is 0.654. The molecule has 0 radical (unpaired) electrons. The van der Waals surface area contributed by atoms with Crippen molar-refractivity contribution in [3.63, 3.8) is 0 Å². The maximum atomic E-state index is 13.9. The largest absolute Gasteiger partial charge is 0.360 e. The molecule has 0 saturated heterocycles. The Morgan fingerprint density at radius 2 is 1.77 bits per heavy atom. The molecule has 22 heavy (non-hydrogen) atoms. The molecule has 2 saturated carbocycles. The van der Waals surface area contributed by atoms with Crippen molar-refractivity contribution in [2.24, 2.45) is 0 Å². The molecule has 0 unspecified atom stereocenters. The molecule has 2 aliphatic rings. The third-order valence-electron chi connectivity index (χ3n) is 4.73. The van der Waals surface area contributed by atoms with Crippen LogP contribution in [0.15, 0.2) is 24.3 Å². The minimum Gasteiger partial charge on any atom is -0.360 e. The lowest BCUT2D eigenvalue weighted by molar-refractivity contribution is 0.375. The first-order valence-electron chi connectivity index (χ1n) is 8.54. The van der Waals surface area contributed by atoms with E-state index in [1.165, 1.54) is 57.4 Å². The Kier molecular flexibility index (Phi) is 5.29. The van der Waals surface area contributed by atoms with Gasteiger partial charge in [0.1, 0.15) is 5.82 Å². The molecule has 0 atom stereocenters. The molecule has 0 bridgehead atoms. The zero-order valence-electron chi connectivity index (χ0n) is 13.1. The van der Waals surface area contributed by atoms with Gasteiger partial charge in [-0.25, -0.2) is 4.39 Å². The number of thiocarbonyl (C=S) groups is 1. The highest BCUT2D eigenvalue weighted by Gasteiger charge is 2.32. The number of rotatable bonds is 4. The summed E-state index contributed by atoms with van der Waals surface area (Å²) in [5.41, 5.74) is 0.736. The molecule has 4 heteroatoms. The molecule has 1 N–H and O–H groups in total. The molecule has 2 fully saturated rings. The van der Waals surface area contributed by atoms with Crippen LogP contribution in [0.4, 0.5) is 4.39 Å². The standard InChI is InChI=1S/C18H25FN2S/c19-17-10-6-5-7-14(17)13-21(16-11-12-16)18(22)20-15-8-3-1-2-4-9-15/h5-7,10,15-16H,1-4,8-9,11-13H2,(H,20,22). The van der Waals surface area contributed by atoms with Gasteiger partial charge in [0.2, 0.25) is 0 Å². The summed E-state index contributed by atoms with van der Waals surface area (Å²) in [4.78, 5) is 2.19. The molecule has 0 aromatic heterocycles. The Morgan fingerprint density at radius 3 is 2.41 bits per heavy atom. The highest BCUT2D eigenvalue weighted by Crippen LogP contribution is 2.29. The van der Waals surface area contributed by atoms with Gasteiger partial charge in [-0.05, 0) is 44.0 Å². The molecular weight excluding hydrogens is 295 g/mol. The van der Waals surface area contributed by atoms with E-state index in [9.17, 15) is 4.39 Å². The van der Waals surface area contributed by atoms with Crippen molar-refractivity contribution in [3.8, 4) is 0 Å². The van der Waals surface area contributed by atoms with Gasteiger partial charge in [-0.2, -0.15) is 0 Å². The van der Waals surface area contributed by atoms with Gasteiger partial charge in [0.15, 0.2) is 5.11 Å². The second-order valence-corrected chi connectivity index (χ2v) is 6.98. The van der Waals surface area contributed by atoms with Crippen LogP contribution in [-0.2, 0) is 6.54 Å². The van der Waals surface area contributed by atoms with Gasteiger partial charge in [0.05, 0.1) is 0 Å². The first-order chi connectivity index (χ1) is 10.7. The van der Waals surface area contributed by atoms with Crippen LogP contribution in [0.2, 0.25) is 0 Å². The topological polar surface area (TPSA) is 15.3 Å². The van der Waals surface area contributed by atoms with E-state index in [4.69, 9.17) is 12.2 Å². The molecule has 3 rings (SSSR count). The minimum absolute atomic E-state index is 0.134. The van der Waals surface area contributed by atoms with Crippen LogP contribution in [0.25, 0.3) is 0 Å². The van der Waals surface area contributed by atoms with Crippen molar-refractivity contribution in [3.05, 3.63) is 35.6 Å². The first-order valence-corrected chi connectivity index (χ1v) is 8.95. The van der Waals surface area contributed by atoms with E-state index in [0.29, 0.717) is 18.6 Å². The summed E-state index contributed by atoms with van der Waals surface area (Å²) >= 11 is 5.65. The first kappa shape index (κ1) is 15.7. The van der Waals surface area contributed by atoms with Crippen molar-refractivity contribution in [2.75, 3.05) is 0 Å². The average molecular weight is 320 g/mol. The molecule has 120 valence electrons. The van der Waals surface area contributed by atoms with E-state index >= 15 is 0 Å². The van der Waals surface area contributed by atoms with E-state index in [1.807, 2.05) is 12.1 Å². The van der Waals surface area contributed by atoms with Crippen LogP contribution in [0.1, 0.15) is 56.9 Å². The van der Waals surface area contributed by atoms with Crippen LogP contribution in [0, 0.1) is 5.82 Å². The second-order valence-electron chi connectivity index (χ2n) is 6.59. The smallest absolute Gasteiger partial charge is 0.169 e. The summed E-state index contributed by atoms with van der Waals surface area (Å²) in [5.74, 6) is -0.134. The van der Waals surface area contributed by atoms with E-state index < -0.39 is 0 Å². The highest BCUT2D eigenvalue weighted by atomic mass is 32.1. The SMILES string of the molecule is Fc1ccccc1CN(C(=S)NC1CCCCCC1)C1CC1. The molecule has 2 aliphatic carbocycles. The third kappa shape index (κ3) is 4.19. The van der Waals surface area contributed by atoms with Gasteiger partial charge in [0, 0.05) is 24.2 Å². The zero-order chi connectivity index (χ0) is 15.4. The van der Waals surface area contributed by atoms with Gasteiger partial charge >= 0.3 is 0 Å². The molecule has 0 spiro atoms. The van der Waals surface area contributed by atoms with Crippen molar-refractivity contribution in [1.29, 1.82) is 0 Å². The number of halogens is 1. The van der Waals surface area contributed by atoms with E-state index in [0.717, 1.165) is 10.7 Å². The molecule has 1 aromatic carbocycles. The molecule has 0 aliphatic heterocycles. The summed E-state index contributed by atoms with van der Waals surface area (Å²) in [6.45, 7) is 0.579. The highest BCUT2D eigenvalue weighted by molar-refractivity contribution is 7.80. The average Bonchev–Trinajstić information content (AvgIpc) is 3.34. The predicted octanol–water partition coefficient (Wildman–Crippen LogP) is 4.39. The Labute approximate surface area is 138 Å². The van der Waals surface area contributed by atoms with Crippen molar-refractivity contribution in [1.82, 2.24) is 10.2 Å². The molecule has 0 heterocycles. The van der Waals surface area contributed by atoms with Crippen LogP contribution in [0.5, 0.6) is 0 Å². The Hall–Kier alpha value is -1.16. The molecular formula is C18H25FN2S. The Balaban J connectivity index is 1.63. The van der Waals surface area contributed by atoms with Crippen LogP contribution < -0.4 is 5.32 Å². The van der Waals surface area contributed by atoms with E-state index in [1.54, 1.807) is 6.07 Å². The Morgan fingerprint density at radius 1 is 1.09 bits per heavy atom. The fraction of sp³-hybridized carbons (Fsp3) is 0.611. The number of hydrogen-bond donors (Lipinski definition) is 1. The predicted molar refractivity (Wildman–Crippen MR) is 92.2 cm³/mol. The fourth-order valence-electron chi connectivity index (χ4n) is 3.24. The summed E-state index contributed by atoms with van der Waals surface area (Å²) < 4.78 is 13.9. The Bertz CT molecular complexity index is 508. The van der Waals surface area contributed by atoms with Gasteiger partial charge < -0.3 is 10.2 Å². The lowest BCUT2D eigenvalue weighted by Crippen LogP contribution is -2.45. The summed E-state index contributed by atoms with van der Waals surface area (Å²) in [6, 6.07) is 8.01. The van der Waals surface area contributed by atoms with Crippen molar-refractivity contribution in [2.45, 2.75) is 70.0 Å². The van der Waals surface area contributed by atoms with Crippen LogP contribution in [0.3, 0.4) is 0 Å². The summed E-state index contributed by atoms with van der Waals surface area (Å²) in [5, 5.41) is 4.37. The van der Waals surface area contributed by atoms with Crippen molar-refractivity contribution >= 4 is 17.3 Å². The number of hydrogen-bond acceptors (Lipinski definition) is 1. The van der Waals surface area contributed by atoms with Crippen LogP contribution >= 0.6 is 12.2 Å². The van der Waals surface area contributed by atoms with Gasteiger partial charge in [0.25, 0.3) is 0 Å². The normalized spacial score (nSPS) is 19.5. The third-order valence-corrected chi connectivity index (χ3v) is 5.08. The van der Waals surface area contributed by atoms with Gasteiger partial charge in [-0.15, -0.1) is 0 Å². The number of benzene rings is 1. The van der Waals surface area contributed by atoms with Gasteiger partial charge in [-0.3, -0.25) is 0 Å². The zero-order valence-corrected chi connectivity index (χ0v) is 13.9. The lowest BCUT2D eigenvalue weighted by atomic mass is 10.1.